The van der Waals surface area contributed by atoms with E-state index < -0.39 is 0 Å². The first kappa shape index (κ1) is 19.5. The van der Waals surface area contributed by atoms with Crippen molar-refractivity contribution in [2.24, 2.45) is 11.8 Å². The van der Waals surface area contributed by atoms with E-state index in [0.29, 0.717) is 5.92 Å². The number of nitrogens with one attached hydrogen (secondary N) is 1. The summed E-state index contributed by atoms with van der Waals surface area (Å²) in [7, 11) is 0. The molecule has 0 radical (unpaired) electrons. The Morgan fingerprint density at radius 2 is 2.00 bits per heavy atom. The third kappa shape index (κ3) is 3.97. The zero-order valence-corrected chi connectivity index (χ0v) is 17.9. The predicted octanol–water partition coefficient (Wildman–Crippen LogP) is 3.59. The van der Waals surface area contributed by atoms with Crippen LogP contribution in [-0.4, -0.2) is 43.4 Å². The van der Waals surface area contributed by atoms with E-state index in [-0.39, 0.29) is 11.8 Å². The molecule has 0 aliphatic carbocycles. The lowest BCUT2D eigenvalue weighted by Crippen LogP contribution is -2.38. The predicted molar refractivity (Wildman–Crippen MR) is 121 cm³/mol. The molecule has 1 aliphatic rings. The van der Waals surface area contributed by atoms with E-state index in [4.69, 9.17) is 0 Å². The molecule has 5 rings (SSSR count). The van der Waals surface area contributed by atoms with Crippen molar-refractivity contribution in [3.63, 3.8) is 0 Å². The minimum Gasteiger partial charge on any atom is -0.355 e. The Labute approximate surface area is 180 Å². The molecule has 1 amide bonds. The van der Waals surface area contributed by atoms with Gasteiger partial charge in [-0.25, -0.2) is 0 Å². The van der Waals surface area contributed by atoms with E-state index in [1.165, 1.54) is 5.52 Å². The second-order valence-electron chi connectivity index (χ2n) is 8.71. The SMILES string of the molecule is CC(C)Cn1ccc2cc(NC(=O)C3CCN(c4ccc5nncn5n4)CC3)ccc21. The maximum Gasteiger partial charge on any atom is 0.227 e. The Hall–Kier alpha value is -3.42. The van der Waals surface area contributed by atoms with Crippen LogP contribution in [0.5, 0.6) is 0 Å². The minimum atomic E-state index is 0.0103. The minimum absolute atomic E-state index is 0.0103. The highest BCUT2D eigenvalue weighted by atomic mass is 16.1. The van der Waals surface area contributed by atoms with Gasteiger partial charge in [0, 0.05) is 48.3 Å². The van der Waals surface area contributed by atoms with Crippen LogP contribution >= 0.6 is 0 Å². The number of anilines is 2. The summed E-state index contributed by atoms with van der Waals surface area (Å²) < 4.78 is 3.95. The molecule has 1 fully saturated rings. The summed E-state index contributed by atoms with van der Waals surface area (Å²) in [5, 5.41) is 16.7. The van der Waals surface area contributed by atoms with Crippen LogP contribution < -0.4 is 10.2 Å². The molecule has 0 unspecified atom stereocenters. The zero-order valence-electron chi connectivity index (χ0n) is 17.9. The summed E-state index contributed by atoms with van der Waals surface area (Å²) in [6.07, 6.45) is 5.34. The molecule has 160 valence electrons. The van der Waals surface area contributed by atoms with E-state index in [0.717, 1.165) is 55.0 Å². The Bertz CT molecular complexity index is 1220. The highest BCUT2D eigenvalue weighted by Crippen LogP contribution is 2.25. The van der Waals surface area contributed by atoms with Crippen LogP contribution in [0.15, 0.2) is 48.9 Å². The molecule has 3 aromatic heterocycles. The van der Waals surface area contributed by atoms with Crippen molar-refractivity contribution in [1.82, 2.24) is 24.4 Å². The van der Waals surface area contributed by atoms with Crippen molar-refractivity contribution in [3.8, 4) is 0 Å². The van der Waals surface area contributed by atoms with Gasteiger partial charge in [-0.15, -0.1) is 15.3 Å². The number of benzene rings is 1. The fraction of sp³-hybridized carbons (Fsp3) is 0.391. The molecule has 0 bridgehead atoms. The normalized spacial score (nSPS) is 15.3. The smallest absolute Gasteiger partial charge is 0.227 e. The van der Waals surface area contributed by atoms with Crippen LogP contribution in [0.1, 0.15) is 26.7 Å². The third-order valence-electron chi connectivity index (χ3n) is 5.94. The van der Waals surface area contributed by atoms with Crippen molar-refractivity contribution in [1.29, 1.82) is 0 Å². The van der Waals surface area contributed by atoms with E-state index in [2.05, 4.69) is 68.3 Å². The second-order valence-corrected chi connectivity index (χ2v) is 8.71. The van der Waals surface area contributed by atoms with Crippen molar-refractivity contribution in [3.05, 3.63) is 48.9 Å². The van der Waals surface area contributed by atoms with E-state index in [1.807, 2.05) is 18.2 Å². The van der Waals surface area contributed by atoms with E-state index >= 15 is 0 Å². The maximum atomic E-state index is 12.9. The number of rotatable bonds is 5. The van der Waals surface area contributed by atoms with Crippen molar-refractivity contribution >= 4 is 34.0 Å². The molecule has 1 saturated heterocycles. The second kappa shape index (κ2) is 8.02. The van der Waals surface area contributed by atoms with Gasteiger partial charge in [0.1, 0.15) is 12.1 Å². The summed E-state index contributed by atoms with van der Waals surface area (Å²) in [5.41, 5.74) is 2.80. The molecular formula is C23H27N7O. The highest BCUT2D eigenvalue weighted by Gasteiger charge is 2.26. The quantitative estimate of drug-likeness (QED) is 0.537. The van der Waals surface area contributed by atoms with Crippen LogP contribution in [0, 0.1) is 11.8 Å². The largest absolute Gasteiger partial charge is 0.355 e. The standard InChI is InChI=1S/C23H27N7O/c1-16(2)14-29-12-9-18-13-19(3-4-20(18)29)25-23(31)17-7-10-28(11-8-17)22-6-5-21-26-24-15-30(21)27-22/h3-6,9,12-13,15-17H,7-8,10-11,14H2,1-2H3,(H,25,31). The fourth-order valence-corrected chi connectivity index (χ4v) is 4.33. The fourth-order valence-electron chi connectivity index (χ4n) is 4.33. The Balaban J connectivity index is 1.21. The summed E-state index contributed by atoms with van der Waals surface area (Å²) in [6, 6.07) is 12.2. The van der Waals surface area contributed by atoms with Crippen molar-refractivity contribution in [2.45, 2.75) is 33.2 Å². The summed E-state index contributed by atoms with van der Waals surface area (Å²) in [6.45, 7) is 7.03. The average Bonchev–Trinajstić information content (AvgIpc) is 3.39. The maximum absolute atomic E-state index is 12.9. The number of fused-ring (bicyclic) bond motifs is 2. The number of aromatic nitrogens is 5. The first-order valence-electron chi connectivity index (χ1n) is 10.9. The molecule has 4 heterocycles. The lowest BCUT2D eigenvalue weighted by molar-refractivity contribution is -0.120. The van der Waals surface area contributed by atoms with Crippen LogP contribution in [0.4, 0.5) is 11.5 Å². The van der Waals surface area contributed by atoms with Gasteiger partial charge in [-0.2, -0.15) is 4.52 Å². The summed E-state index contributed by atoms with van der Waals surface area (Å²) >= 11 is 0. The van der Waals surface area contributed by atoms with Gasteiger partial charge < -0.3 is 14.8 Å². The van der Waals surface area contributed by atoms with Gasteiger partial charge in [0.15, 0.2) is 5.65 Å². The molecule has 1 aromatic carbocycles. The molecule has 8 heteroatoms. The number of hydrogen-bond donors (Lipinski definition) is 1. The molecule has 4 aromatic rings. The lowest BCUT2D eigenvalue weighted by Gasteiger charge is -2.32. The Morgan fingerprint density at radius 1 is 1.16 bits per heavy atom. The molecule has 1 N–H and O–H groups in total. The first-order valence-corrected chi connectivity index (χ1v) is 10.9. The van der Waals surface area contributed by atoms with Gasteiger partial charge in [-0.1, -0.05) is 13.8 Å². The number of nitrogens with zero attached hydrogens (tertiary/aromatic N) is 6. The van der Waals surface area contributed by atoms with Gasteiger partial charge in [0.25, 0.3) is 0 Å². The van der Waals surface area contributed by atoms with Gasteiger partial charge in [-0.3, -0.25) is 4.79 Å². The Morgan fingerprint density at radius 3 is 2.81 bits per heavy atom. The van der Waals surface area contributed by atoms with Crippen LogP contribution in [0.2, 0.25) is 0 Å². The van der Waals surface area contributed by atoms with Crippen LogP contribution in [0.25, 0.3) is 16.6 Å². The third-order valence-corrected chi connectivity index (χ3v) is 5.94. The molecule has 1 aliphatic heterocycles. The molecule has 31 heavy (non-hydrogen) atoms. The summed E-state index contributed by atoms with van der Waals surface area (Å²) in [4.78, 5) is 15.1. The van der Waals surface area contributed by atoms with Gasteiger partial charge >= 0.3 is 0 Å². The Kier molecular flexibility index (Phi) is 5.05. The molecule has 0 spiro atoms. The lowest BCUT2D eigenvalue weighted by atomic mass is 9.95. The highest BCUT2D eigenvalue weighted by molar-refractivity contribution is 5.95. The first-order chi connectivity index (χ1) is 15.1. The summed E-state index contributed by atoms with van der Waals surface area (Å²) in [5.74, 6) is 1.59. The van der Waals surface area contributed by atoms with E-state index in [9.17, 15) is 4.79 Å². The van der Waals surface area contributed by atoms with Gasteiger partial charge in [-0.05, 0) is 55.2 Å². The molecule has 0 atom stereocenters. The monoisotopic (exact) mass is 417 g/mol. The number of carbonyl (C=O) groups excluding carboxylic acids is 1. The van der Waals surface area contributed by atoms with Crippen LogP contribution in [-0.2, 0) is 11.3 Å². The van der Waals surface area contributed by atoms with Gasteiger partial charge in [0.2, 0.25) is 5.91 Å². The number of piperidine rings is 1. The molecule has 8 nitrogen and oxygen atoms in total. The number of amides is 1. The van der Waals surface area contributed by atoms with Crippen molar-refractivity contribution in [2.75, 3.05) is 23.3 Å². The number of carbonyl (C=O) groups is 1. The number of hydrogen-bond acceptors (Lipinski definition) is 5. The topological polar surface area (TPSA) is 80.4 Å². The van der Waals surface area contributed by atoms with Crippen molar-refractivity contribution < 1.29 is 4.79 Å². The molecule has 0 saturated carbocycles. The van der Waals surface area contributed by atoms with E-state index in [1.54, 1.807) is 10.8 Å². The van der Waals surface area contributed by atoms with Gasteiger partial charge in [0.05, 0.1) is 0 Å². The van der Waals surface area contributed by atoms with Crippen LogP contribution in [0.3, 0.4) is 0 Å². The molecular weight excluding hydrogens is 390 g/mol. The zero-order chi connectivity index (χ0) is 21.4. The average molecular weight is 418 g/mol.